The third-order valence-corrected chi connectivity index (χ3v) is 4.72. The van der Waals surface area contributed by atoms with Crippen LogP contribution < -0.4 is 10.1 Å². The number of rotatable bonds is 5. The summed E-state index contributed by atoms with van der Waals surface area (Å²) in [6.07, 6.45) is 0. The Kier molecular flexibility index (Phi) is 4.62. The van der Waals surface area contributed by atoms with E-state index in [-0.39, 0.29) is 18.0 Å². The van der Waals surface area contributed by atoms with Crippen molar-refractivity contribution in [1.82, 2.24) is 4.98 Å². The van der Waals surface area contributed by atoms with Crippen molar-refractivity contribution in [2.45, 2.75) is 13.8 Å². The van der Waals surface area contributed by atoms with Gasteiger partial charge in [-0.2, -0.15) is 0 Å². The molecule has 0 fully saturated rings. The molecule has 3 aromatic rings. The molecular formula is C17H15N3O4S. The van der Waals surface area contributed by atoms with Crippen molar-refractivity contribution in [2.24, 2.45) is 0 Å². The van der Waals surface area contributed by atoms with Crippen LogP contribution in [-0.2, 0) is 4.79 Å². The molecule has 0 atom stereocenters. The van der Waals surface area contributed by atoms with Crippen molar-refractivity contribution in [3.63, 3.8) is 0 Å². The summed E-state index contributed by atoms with van der Waals surface area (Å²) in [5, 5.41) is 14.1. The summed E-state index contributed by atoms with van der Waals surface area (Å²) in [6.45, 7) is 3.62. The van der Waals surface area contributed by atoms with Crippen LogP contribution in [0.25, 0.3) is 10.2 Å². The standard InChI is InChI=1S/C17H15N3O4S/c1-10-7-8-11(2)16-15(10)19-17(25-16)18-14(21)9-24-13-6-4-3-5-12(13)20(22)23/h3-8H,9H2,1-2H3,(H,18,19,21). The highest BCUT2D eigenvalue weighted by Crippen LogP contribution is 2.31. The maximum atomic E-state index is 12.1. The number of nitro groups is 1. The summed E-state index contributed by atoms with van der Waals surface area (Å²) in [5.41, 5.74) is 2.81. The van der Waals surface area contributed by atoms with Crippen LogP contribution in [0.5, 0.6) is 5.75 Å². The monoisotopic (exact) mass is 357 g/mol. The van der Waals surface area contributed by atoms with E-state index >= 15 is 0 Å². The third kappa shape index (κ3) is 3.58. The number of aromatic nitrogens is 1. The van der Waals surface area contributed by atoms with E-state index < -0.39 is 10.8 Å². The molecule has 2 aromatic carbocycles. The SMILES string of the molecule is Cc1ccc(C)c2sc(NC(=O)COc3ccccc3[N+](=O)[O-])nc12. The summed E-state index contributed by atoms with van der Waals surface area (Å²) < 4.78 is 6.30. The van der Waals surface area contributed by atoms with Crippen LogP contribution in [0.15, 0.2) is 36.4 Å². The van der Waals surface area contributed by atoms with Crippen LogP contribution >= 0.6 is 11.3 Å². The molecule has 1 heterocycles. The van der Waals surface area contributed by atoms with E-state index in [9.17, 15) is 14.9 Å². The lowest BCUT2D eigenvalue weighted by molar-refractivity contribution is -0.385. The van der Waals surface area contributed by atoms with Gasteiger partial charge in [0.1, 0.15) is 0 Å². The number of amides is 1. The van der Waals surface area contributed by atoms with Crippen molar-refractivity contribution >= 4 is 38.3 Å². The summed E-state index contributed by atoms with van der Waals surface area (Å²) in [4.78, 5) is 26.9. The van der Waals surface area contributed by atoms with Crippen molar-refractivity contribution in [2.75, 3.05) is 11.9 Å². The predicted octanol–water partition coefficient (Wildman–Crippen LogP) is 3.84. The van der Waals surface area contributed by atoms with Gasteiger partial charge in [0.25, 0.3) is 5.91 Å². The third-order valence-electron chi connectivity index (χ3n) is 3.61. The predicted molar refractivity (Wildman–Crippen MR) is 96.3 cm³/mol. The number of carbonyl (C=O) groups is 1. The molecular weight excluding hydrogens is 342 g/mol. The molecule has 0 bridgehead atoms. The van der Waals surface area contributed by atoms with E-state index in [0.29, 0.717) is 5.13 Å². The van der Waals surface area contributed by atoms with E-state index in [1.807, 2.05) is 26.0 Å². The number of fused-ring (bicyclic) bond motifs is 1. The number of nitro benzene ring substituents is 1. The normalized spacial score (nSPS) is 10.6. The van der Waals surface area contributed by atoms with Crippen LogP contribution in [0.1, 0.15) is 11.1 Å². The van der Waals surface area contributed by atoms with Gasteiger partial charge in [-0.15, -0.1) is 0 Å². The van der Waals surface area contributed by atoms with Gasteiger partial charge < -0.3 is 4.74 Å². The Balaban J connectivity index is 1.71. The number of hydrogen-bond donors (Lipinski definition) is 1. The molecule has 0 saturated heterocycles. The maximum Gasteiger partial charge on any atom is 0.310 e. The average molecular weight is 357 g/mol. The van der Waals surface area contributed by atoms with E-state index in [1.54, 1.807) is 6.07 Å². The van der Waals surface area contributed by atoms with Crippen LogP contribution in [-0.4, -0.2) is 22.4 Å². The highest BCUT2D eigenvalue weighted by atomic mass is 32.1. The molecule has 0 aliphatic rings. The number of thiazole rings is 1. The Labute approximate surface area is 147 Å². The van der Waals surface area contributed by atoms with Gasteiger partial charge in [0.05, 0.1) is 15.1 Å². The molecule has 1 N–H and O–H groups in total. The fourth-order valence-electron chi connectivity index (χ4n) is 2.34. The van der Waals surface area contributed by atoms with Crippen molar-refractivity contribution < 1.29 is 14.5 Å². The number of para-hydroxylation sites is 2. The zero-order valence-corrected chi connectivity index (χ0v) is 14.4. The molecule has 25 heavy (non-hydrogen) atoms. The van der Waals surface area contributed by atoms with Gasteiger partial charge in [0.2, 0.25) is 0 Å². The Morgan fingerprint density at radius 1 is 1.24 bits per heavy atom. The van der Waals surface area contributed by atoms with E-state index in [0.717, 1.165) is 21.3 Å². The first-order chi connectivity index (χ1) is 12.0. The fourth-order valence-corrected chi connectivity index (χ4v) is 3.37. The van der Waals surface area contributed by atoms with Crippen molar-refractivity contribution in [3.05, 3.63) is 57.6 Å². The van der Waals surface area contributed by atoms with Gasteiger partial charge >= 0.3 is 5.69 Å². The van der Waals surface area contributed by atoms with Crippen LogP contribution in [0.2, 0.25) is 0 Å². The Hall–Kier alpha value is -3.00. The number of aryl methyl sites for hydroxylation is 2. The topological polar surface area (TPSA) is 94.4 Å². The smallest absolute Gasteiger partial charge is 0.310 e. The highest BCUT2D eigenvalue weighted by Gasteiger charge is 2.16. The molecule has 0 aliphatic heterocycles. The van der Waals surface area contributed by atoms with Gasteiger partial charge in [0, 0.05) is 6.07 Å². The second-order valence-corrected chi connectivity index (χ2v) is 6.46. The maximum absolute atomic E-state index is 12.1. The first-order valence-electron chi connectivity index (χ1n) is 7.48. The van der Waals surface area contributed by atoms with Gasteiger partial charge in [-0.25, -0.2) is 4.98 Å². The van der Waals surface area contributed by atoms with E-state index in [2.05, 4.69) is 10.3 Å². The number of ether oxygens (including phenoxy) is 1. The molecule has 128 valence electrons. The number of hydrogen-bond acceptors (Lipinski definition) is 6. The number of carbonyl (C=O) groups excluding carboxylic acids is 1. The molecule has 0 radical (unpaired) electrons. The highest BCUT2D eigenvalue weighted by molar-refractivity contribution is 7.22. The van der Waals surface area contributed by atoms with E-state index in [1.165, 1.54) is 29.5 Å². The lowest BCUT2D eigenvalue weighted by atomic mass is 10.1. The molecule has 0 aliphatic carbocycles. The second-order valence-electron chi connectivity index (χ2n) is 5.46. The van der Waals surface area contributed by atoms with E-state index in [4.69, 9.17) is 4.74 Å². The summed E-state index contributed by atoms with van der Waals surface area (Å²) >= 11 is 1.39. The van der Waals surface area contributed by atoms with Gasteiger partial charge in [-0.05, 0) is 31.0 Å². The molecule has 1 amide bonds. The van der Waals surface area contributed by atoms with Gasteiger partial charge in [-0.3, -0.25) is 20.2 Å². The minimum atomic E-state index is -0.549. The zero-order valence-electron chi connectivity index (χ0n) is 13.6. The molecule has 0 unspecified atom stereocenters. The number of nitrogens with one attached hydrogen (secondary N) is 1. The first-order valence-corrected chi connectivity index (χ1v) is 8.30. The number of benzene rings is 2. The molecule has 8 heteroatoms. The summed E-state index contributed by atoms with van der Waals surface area (Å²) in [7, 11) is 0. The first kappa shape index (κ1) is 16.8. The summed E-state index contributed by atoms with van der Waals surface area (Å²) in [5.74, 6) is -0.369. The Bertz CT molecular complexity index is 929. The van der Waals surface area contributed by atoms with Crippen LogP contribution in [0.4, 0.5) is 10.8 Å². The largest absolute Gasteiger partial charge is 0.477 e. The summed E-state index contributed by atoms with van der Waals surface area (Å²) in [6, 6.07) is 9.93. The molecule has 3 rings (SSSR count). The molecule has 1 aromatic heterocycles. The minimum absolute atomic E-state index is 0.0543. The fraction of sp³-hybridized carbons (Fsp3) is 0.176. The Morgan fingerprint density at radius 3 is 2.68 bits per heavy atom. The van der Waals surface area contributed by atoms with Crippen molar-refractivity contribution in [3.8, 4) is 5.75 Å². The number of anilines is 1. The lowest BCUT2D eigenvalue weighted by Gasteiger charge is -2.06. The quantitative estimate of drug-likeness (QED) is 0.553. The minimum Gasteiger partial charge on any atom is -0.477 e. The average Bonchev–Trinajstić information content (AvgIpc) is 3.01. The number of nitrogens with zero attached hydrogens (tertiary/aromatic N) is 2. The Morgan fingerprint density at radius 2 is 1.96 bits per heavy atom. The van der Waals surface area contributed by atoms with Gasteiger partial charge in [-0.1, -0.05) is 35.6 Å². The molecule has 7 nitrogen and oxygen atoms in total. The molecule has 0 spiro atoms. The van der Waals surface area contributed by atoms with Crippen LogP contribution in [0, 0.1) is 24.0 Å². The zero-order chi connectivity index (χ0) is 18.0. The molecule has 0 saturated carbocycles. The lowest BCUT2D eigenvalue weighted by Crippen LogP contribution is -2.20. The van der Waals surface area contributed by atoms with Gasteiger partial charge in [0.15, 0.2) is 17.5 Å². The second kappa shape index (κ2) is 6.86. The van der Waals surface area contributed by atoms with Crippen molar-refractivity contribution in [1.29, 1.82) is 0 Å². The van der Waals surface area contributed by atoms with Crippen LogP contribution in [0.3, 0.4) is 0 Å².